The number of ether oxygens (including phenoxy) is 2. The zero-order valence-electron chi connectivity index (χ0n) is 20.3. The summed E-state index contributed by atoms with van der Waals surface area (Å²) in [4.78, 5) is 35.6. The van der Waals surface area contributed by atoms with Crippen molar-refractivity contribution in [1.82, 2.24) is 15.5 Å². The lowest BCUT2D eigenvalue weighted by molar-refractivity contribution is -0.146. The van der Waals surface area contributed by atoms with E-state index in [9.17, 15) is 9.59 Å². The number of methoxy groups -OCH3 is 1. The minimum Gasteiger partial charge on any atom is -0.453 e. The van der Waals surface area contributed by atoms with Crippen molar-refractivity contribution in [2.75, 3.05) is 39.9 Å². The van der Waals surface area contributed by atoms with Crippen LogP contribution in [-0.4, -0.2) is 86.7 Å². The SMILES string of the molecule is COC(=O)NCCCN=C(N=C(N)[C@@H](C)N(C(=O)[C@H]1CNCCO1)C1CC1)c1ccc(C)cc1. The van der Waals surface area contributed by atoms with E-state index >= 15 is 0 Å². The average Bonchev–Trinajstić information content (AvgIpc) is 3.69. The number of amides is 2. The van der Waals surface area contributed by atoms with E-state index in [-0.39, 0.29) is 18.0 Å². The van der Waals surface area contributed by atoms with Crippen LogP contribution in [0.4, 0.5) is 4.79 Å². The molecule has 10 nitrogen and oxygen atoms in total. The summed E-state index contributed by atoms with van der Waals surface area (Å²) in [6.45, 7) is 6.57. The topological polar surface area (TPSA) is 131 Å². The van der Waals surface area contributed by atoms with E-state index in [1.54, 1.807) is 0 Å². The number of aryl methyl sites for hydroxylation is 1. The summed E-state index contributed by atoms with van der Waals surface area (Å²) in [5.41, 5.74) is 8.42. The first-order valence-corrected chi connectivity index (χ1v) is 11.8. The highest BCUT2D eigenvalue weighted by molar-refractivity contribution is 6.07. The molecule has 1 aromatic rings. The van der Waals surface area contributed by atoms with Gasteiger partial charge in [0.1, 0.15) is 11.9 Å². The first-order valence-electron chi connectivity index (χ1n) is 11.8. The number of aliphatic imine (C=N–C) groups is 2. The lowest BCUT2D eigenvalue weighted by atomic mass is 10.1. The van der Waals surface area contributed by atoms with Gasteiger partial charge in [0.15, 0.2) is 5.84 Å². The predicted octanol–water partition coefficient (Wildman–Crippen LogP) is 1.21. The maximum Gasteiger partial charge on any atom is 0.406 e. The van der Waals surface area contributed by atoms with Crippen LogP contribution in [0.1, 0.15) is 37.3 Å². The van der Waals surface area contributed by atoms with Crippen molar-refractivity contribution in [3.05, 3.63) is 35.4 Å². The van der Waals surface area contributed by atoms with E-state index in [1.165, 1.54) is 7.11 Å². The molecule has 2 fully saturated rings. The van der Waals surface area contributed by atoms with Gasteiger partial charge >= 0.3 is 6.09 Å². The normalized spacial score (nSPS) is 19.9. The van der Waals surface area contributed by atoms with Crippen molar-refractivity contribution >= 4 is 23.7 Å². The number of carbonyl (C=O) groups excluding carboxylic acids is 2. The van der Waals surface area contributed by atoms with Crippen molar-refractivity contribution < 1.29 is 19.1 Å². The van der Waals surface area contributed by atoms with Crippen molar-refractivity contribution in [2.45, 2.75) is 51.3 Å². The van der Waals surface area contributed by atoms with E-state index in [2.05, 4.69) is 25.4 Å². The Hall–Kier alpha value is -2.98. The van der Waals surface area contributed by atoms with Gasteiger partial charge in [-0.05, 0) is 33.1 Å². The molecular weight excluding hydrogens is 436 g/mol. The molecule has 1 heterocycles. The minimum atomic E-state index is -0.503. The highest BCUT2D eigenvalue weighted by atomic mass is 16.5. The fourth-order valence-electron chi connectivity index (χ4n) is 3.71. The summed E-state index contributed by atoms with van der Waals surface area (Å²) in [5, 5.41) is 5.85. The average molecular weight is 473 g/mol. The van der Waals surface area contributed by atoms with E-state index in [1.807, 2.05) is 43.0 Å². The standard InChI is InChI=1S/C24H36N6O4/c1-16-5-7-18(8-6-16)22(27-11-4-12-28-24(32)33-3)29-21(25)17(2)30(19-9-10-19)23(31)20-15-26-13-14-34-20/h5-8,17,19-20,26H,4,9-15H2,1-3H3,(H,28,32)(H2,25,27,29)/t17-,20-/m1/s1. The van der Waals surface area contributed by atoms with Crippen LogP contribution in [0.2, 0.25) is 0 Å². The second-order valence-corrected chi connectivity index (χ2v) is 8.60. The summed E-state index contributed by atoms with van der Waals surface area (Å²) < 4.78 is 10.3. The summed E-state index contributed by atoms with van der Waals surface area (Å²) >= 11 is 0. The number of hydrogen-bond acceptors (Lipinski definition) is 6. The molecule has 1 aliphatic carbocycles. The lowest BCUT2D eigenvalue weighted by Gasteiger charge is -2.33. The summed E-state index contributed by atoms with van der Waals surface area (Å²) in [6, 6.07) is 7.66. The smallest absolute Gasteiger partial charge is 0.406 e. The summed E-state index contributed by atoms with van der Waals surface area (Å²) in [7, 11) is 1.33. The Labute approximate surface area is 201 Å². The molecule has 1 saturated carbocycles. The van der Waals surface area contributed by atoms with Gasteiger partial charge in [-0.3, -0.25) is 9.79 Å². The van der Waals surface area contributed by atoms with E-state index < -0.39 is 12.2 Å². The van der Waals surface area contributed by atoms with Crippen LogP contribution in [0, 0.1) is 6.92 Å². The molecule has 0 bridgehead atoms. The number of nitrogens with zero attached hydrogens (tertiary/aromatic N) is 3. The van der Waals surface area contributed by atoms with Crippen molar-refractivity contribution in [1.29, 1.82) is 0 Å². The Morgan fingerprint density at radius 3 is 2.68 bits per heavy atom. The van der Waals surface area contributed by atoms with Crippen LogP contribution in [-0.2, 0) is 14.3 Å². The molecule has 1 saturated heterocycles. The van der Waals surface area contributed by atoms with Crippen LogP contribution < -0.4 is 16.4 Å². The van der Waals surface area contributed by atoms with Gasteiger partial charge in [0.2, 0.25) is 0 Å². The first-order chi connectivity index (χ1) is 16.4. The summed E-state index contributed by atoms with van der Waals surface area (Å²) in [6.07, 6.45) is 1.55. The van der Waals surface area contributed by atoms with Gasteiger partial charge < -0.3 is 30.7 Å². The molecule has 3 rings (SSSR count). The number of nitrogens with one attached hydrogen (secondary N) is 2. The maximum atomic E-state index is 13.2. The third-order valence-electron chi connectivity index (χ3n) is 5.84. The Balaban J connectivity index is 1.75. The third-order valence-corrected chi connectivity index (χ3v) is 5.84. The molecule has 186 valence electrons. The van der Waals surface area contributed by atoms with Gasteiger partial charge in [0.05, 0.1) is 19.8 Å². The molecule has 2 aliphatic rings. The van der Waals surface area contributed by atoms with E-state index in [0.717, 1.165) is 30.5 Å². The van der Waals surface area contributed by atoms with Crippen molar-refractivity contribution in [3.8, 4) is 0 Å². The molecule has 0 radical (unpaired) electrons. The second-order valence-electron chi connectivity index (χ2n) is 8.60. The molecule has 4 N–H and O–H groups in total. The Bertz CT molecular complexity index is 891. The number of morpholine rings is 1. The summed E-state index contributed by atoms with van der Waals surface area (Å²) in [5.74, 6) is 0.778. The number of hydrogen-bond donors (Lipinski definition) is 3. The molecule has 2 atom stereocenters. The fraction of sp³-hybridized carbons (Fsp3) is 0.583. The van der Waals surface area contributed by atoms with Gasteiger partial charge in [-0.25, -0.2) is 9.79 Å². The largest absolute Gasteiger partial charge is 0.453 e. The number of carbonyl (C=O) groups is 2. The number of benzene rings is 1. The fourth-order valence-corrected chi connectivity index (χ4v) is 3.71. The van der Waals surface area contributed by atoms with Gasteiger partial charge in [-0.15, -0.1) is 0 Å². The lowest BCUT2D eigenvalue weighted by Crippen LogP contribution is -2.55. The predicted molar refractivity (Wildman–Crippen MR) is 131 cm³/mol. The number of rotatable bonds is 9. The van der Waals surface area contributed by atoms with Crippen LogP contribution in [0.25, 0.3) is 0 Å². The third kappa shape index (κ3) is 7.26. The van der Waals surface area contributed by atoms with E-state index in [0.29, 0.717) is 44.3 Å². The Morgan fingerprint density at radius 1 is 1.32 bits per heavy atom. The molecule has 2 amide bonds. The highest BCUT2D eigenvalue weighted by Gasteiger charge is 2.40. The zero-order chi connectivity index (χ0) is 24.5. The Kier molecular flexibility index (Phi) is 9.41. The molecular formula is C24H36N6O4. The van der Waals surface area contributed by atoms with E-state index in [4.69, 9.17) is 10.5 Å². The van der Waals surface area contributed by atoms with Gasteiger partial charge in [-0.1, -0.05) is 29.8 Å². The minimum absolute atomic E-state index is 0.0527. The van der Waals surface area contributed by atoms with Gasteiger partial charge in [-0.2, -0.15) is 0 Å². The van der Waals surface area contributed by atoms with Crippen LogP contribution in [0.3, 0.4) is 0 Å². The van der Waals surface area contributed by atoms with Crippen LogP contribution in [0.5, 0.6) is 0 Å². The molecule has 0 spiro atoms. The molecule has 1 aliphatic heterocycles. The van der Waals surface area contributed by atoms with Gasteiger partial charge in [0.25, 0.3) is 5.91 Å². The second kappa shape index (κ2) is 12.5. The van der Waals surface area contributed by atoms with Crippen molar-refractivity contribution in [2.24, 2.45) is 15.7 Å². The molecule has 34 heavy (non-hydrogen) atoms. The molecule has 0 aromatic heterocycles. The number of amidine groups is 2. The molecule has 1 aromatic carbocycles. The molecule has 10 heteroatoms. The van der Waals surface area contributed by atoms with Gasteiger partial charge in [0, 0.05) is 37.8 Å². The zero-order valence-corrected chi connectivity index (χ0v) is 20.3. The van der Waals surface area contributed by atoms with Crippen LogP contribution in [0.15, 0.2) is 34.3 Å². The Morgan fingerprint density at radius 2 is 2.06 bits per heavy atom. The maximum absolute atomic E-state index is 13.2. The van der Waals surface area contributed by atoms with Crippen molar-refractivity contribution in [3.63, 3.8) is 0 Å². The number of nitrogens with two attached hydrogens (primary N) is 1. The first kappa shape index (κ1) is 25.6. The monoisotopic (exact) mass is 472 g/mol. The number of alkyl carbamates (subject to hydrolysis) is 1. The molecule has 0 unspecified atom stereocenters. The quantitative estimate of drug-likeness (QED) is 0.281. The van der Waals surface area contributed by atoms with Crippen LogP contribution >= 0.6 is 0 Å². The highest BCUT2D eigenvalue weighted by Crippen LogP contribution is 2.30.